The van der Waals surface area contributed by atoms with E-state index in [9.17, 15) is 9.18 Å². The smallest absolute Gasteiger partial charge is 0.335 e. The minimum atomic E-state index is -1.00. The summed E-state index contributed by atoms with van der Waals surface area (Å²) in [4.78, 5) is 10.9. The fourth-order valence-electron chi connectivity index (χ4n) is 4.18. The van der Waals surface area contributed by atoms with Crippen LogP contribution in [0.4, 0.5) is 4.39 Å². The van der Waals surface area contributed by atoms with E-state index in [4.69, 9.17) is 5.11 Å². The summed E-state index contributed by atoms with van der Waals surface area (Å²) in [5.41, 5.74) is 4.95. The number of benzene rings is 2. The molecule has 0 spiro atoms. The lowest BCUT2D eigenvalue weighted by Crippen LogP contribution is -1.99. The van der Waals surface area contributed by atoms with Crippen LogP contribution in [0, 0.1) is 0 Å². The minimum absolute atomic E-state index is 0.165. The SMILES string of the molecule is CC(=C(F)c1ccc(C(=O)O)cc1)c1ccc2c(c1)C1CCC2C1. The van der Waals surface area contributed by atoms with Gasteiger partial charge in [0, 0.05) is 5.56 Å². The molecule has 1 fully saturated rings. The van der Waals surface area contributed by atoms with Gasteiger partial charge < -0.3 is 5.11 Å². The molecule has 2 aromatic rings. The van der Waals surface area contributed by atoms with Crippen LogP contribution < -0.4 is 0 Å². The molecule has 0 aliphatic heterocycles. The van der Waals surface area contributed by atoms with E-state index >= 15 is 0 Å². The van der Waals surface area contributed by atoms with Crippen molar-refractivity contribution in [1.29, 1.82) is 0 Å². The van der Waals surface area contributed by atoms with Crippen molar-refractivity contribution in [2.45, 2.75) is 38.0 Å². The summed E-state index contributed by atoms with van der Waals surface area (Å²) in [6, 6.07) is 12.3. The number of aromatic carboxylic acids is 1. The first kappa shape index (κ1) is 15.1. The van der Waals surface area contributed by atoms with E-state index in [1.54, 1.807) is 6.92 Å². The van der Waals surface area contributed by atoms with Crippen molar-refractivity contribution in [2.75, 3.05) is 0 Å². The first-order valence-corrected chi connectivity index (χ1v) is 8.39. The molecule has 1 saturated carbocycles. The highest BCUT2D eigenvalue weighted by molar-refractivity contribution is 5.90. The van der Waals surface area contributed by atoms with Gasteiger partial charge in [0.15, 0.2) is 0 Å². The molecule has 2 unspecified atom stereocenters. The minimum Gasteiger partial charge on any atom is -0.478 e. The van der Waals surface area contributed by atoms with Gasteiger partial charge in [-0.25, -0.2) is 9.18 Å². The van der Waals surface area contributed by atoms with Crippen LogP contribution in [0.15, 0.2) is 42.5 Å². The zero-order valence-corrected chi connectivity index (χ0v) is 13.6. The van der Waals surface area contributed by atoms with Crippen LogP contribution in [-0.2, 0) is 0 Å². The number of carboxylic acids is 1. The number of carboxylic acid groups (broad SMARTS) is 1. The van der Waals surface area contributed by atoms with Crippen LogP contribution in [0.2, 0.25) is 0 Å². The van der Waals surface area contributed by atoms with E-state index in [2.05, 4.69) is 12.1 Å². The number of fused-ring (bicyclic) bond motifs is 5. The molecule has 2 aliphatic carbocycles. The lowest BCUT2D eigenvalue weighted by Gasteiger charge is -2.16. The average Bonchev–Trinajstić information content (AvgIpc) is 3.22. The van der Waals surface area contributed by atoms with E-state index in [0.717, 1.165) is 5.56 Å². The maximum absolute atomic E-state index is 14.8. The largest absolute Gasteiger partial charge is 0.478 e. The molecule has 2 aromatic carbocycles. The summed E-state index contributed by atoms with van der Waals surface area (Å²) in [6.45, 7) is 1.79. The summed E-state index contributed by atoms with van der Waals surface area (Å²) in [6.07, 6.45) is 3.79. The Kier molecular flexibility index (Phi) is 3.52. The Balaban J connectivity index is 1.69. The molecule has 0 aromatic heterocycles. The summed E-state index contributed by atoms with van der Waals surface area (Å²) >= 11 is 0. The van der Waals surface area contributed by atoms with Crippen LogP contribution in [0.3, 0.4) is 0 Å². The van der Waals surface area contributed by atoms with Gasteiger partial charge in [0.25, 0.3) is 0 Å². The van der Waals surface area contributed by atoms with Gasteiger partial charge >= 0.3 is 5.97 Å². The topological polar surface area (TPSA) is 37.3 Å². The van der Waals surface area contributed by atoms with Crippen LogP contribution in [0.1, 0.15) is 70.6 Å². The second-order valence-electron chi connectivity index (χ2n) is 6.87. The molecule has 24 heavy (non-hydrogen) atoms. The van der Waals surface area contributed by atoms with Gasteiger partial charge in [-0.2, -0.15) is 0 Å². The number of hydrogen-bond acceptors (Lipinski definition) is 1. The predicted octanol–water partition coefficient (Wildman–Crippen LogP) is 5.61. The Labute approximate surface area is 140 Å². The van der Waals surface area contributed by atoms with Crippen LogP contribution >= 0.6 is 0 Å². The maximum atomic E-state index is 14.8. The van der Waals surface area contributed by atoms with E-state index in [1.807, 2.05) is 6.07 Å². The van der Waals surface area contributed by atoms with E-state index < -0.39 is 5.97 Å². The predicted molar refractivity (Wildman–Crippen MR) is 92.8 cm³/mol. The highest BCUT2D eigenvalue weighted by atomic mass is 19.1. The fraction of sp³-hybridized carbons (Fsp3) is 0.286. The molecule has 2 aliphatic rings. The zero-order chi connectivity index (χ0) is 16.8. The first-order chi connectivity index (χ1) is 11.5. The Morgan fingerprint density at radius 2 is 1.54 bits per heavy atom. The van der Waals surface area contributed by atoms with Gasteiger partial charge in [-0.15, -0.1) is 0 Å². The van der Waals surface area contributed by atoms with Crippen molar-refractivity contribution in [1.82, 2.24) is 0 Å². The van der Waals surface area contributed by atoms with Crippen LogP contribution in [0.25, 0.3) is 11.4 Å². The van der Waals surface area contributed by atoms with Gasteiger partial charge in [0.1, 0.15) is 5.83 Å². The number of carbonyl (C=O) groups is 1. The lowest BCUT2D eigenvalue weighted by molar-refractivity contribution is 0.0697. The van der Waals surface area contributed by atoms with E-state index in [1.165, 1.54) is 54.7 Å². The van der Waals surface area contributed by atoms with Crippen LogP contribution in [0.5, 0.6) is 0 Å². The molecule has 122 valence electrons. The fourth-order valence-corrected chi connectivity index (χ4v) is 4.18. The van der Waals surface area contributed by atoms with Gasteiger partial charge in [0.2, 0.25) is 0 Å². The van der Waals surface area contributed by atoms with E-state index in [-0.39, 0.29) is 11.4 Å². The Morgan fingerprint density at radius 1 is 0.958 bits per heavy atom. The molecular formula is C21H19FO2. The summed E-state index contributed by atoms with van der Waals surface area (Å²) in [5.74, 6) is 0.0544. The third-order valence-electron chi connectivity index (χ3n) is 5.55. The van der Waals surface area contributed by atoms with Gasteiger partial charge in [-0.05, 0) is 72.4 Å². The quantitative estimate of drug-likeness (QED) is 0.746. The number of halogens is 1. The molecule has 0 heterocycles. The first-order valence-electron chi connectivity index (χ1n) is 8.39. The summed E-state index contributed by atoms with van der Waals surface area (Å²) in [7, 11) is 0. The van der Waals surface area contributed by atoms with Crippen molar-refractivity contribution in [2.24, 2.45) is 0 Å². The Bertz CT molecular complexity index is 849. The molecule has 4 rings (SSSR count). The molecule has 2 atom stereocenters. The zero-order valence-electron chi connectivity index (χ0n) is 13.6. The standard InChI is InChI=1S/C21H19FO2/c1-12(20(22)13-2-4-14(5-3-13)21(23)24)15-8-9-18-16-6-7-17(10-16)19(18)11-15/h2-5,8-9,11,16-17H,6-7,10H2,1H3,(H,23,24). The molecular weight excluding hydrogens is 303 g/mol. The van der Waals surface area contributed by atoms with Gasteiger partial charge in [-0.3, -0.25) is 0 Å². The third kappa shape index (κ3) is 2.35. The number of hydrogen-bond donors (Lipinski definition) is 1. The third-order valence-corrected chi connectivity index (χ3v) is 5.55. The normalized spacial score (nSPS) is 22.2. The molecule has 1 N–H and O–H groups in total. The monoisotopic (exact) mass is 322 g/mol. The molecule has 2 nitrogen and oxygen atoms in total. The van der Waals surface area contributed by atoms with Crippen molar-refractivity contribution in [3.8, 4) is 0 Å². The van der Waals surface area contributed by atoms with Crippen molar-refractivity contribution >= 4 is 17.4 Å². The van der Waals surface area contributed by atoms with Gasteiger partial charge in [0.05, 0.1) is 5.56 Å². The molecule has 0 amide bonds. The van der Waals surface area contributed by atoms with Crippen LogP contribution in [-0.4, -0.2) is 11.1 Å². The maximum Gasteiger partial charge on any atom is 0.335 e. The summed E-state index contributed by atoms with van der Waals surface area (Å²) < 4.78 is 14.8. The van der Waals surface area contributed by atoms with E-state index in [0.29, 0.717) is 23.0 Å². The Hall–Kier alpha value is -2.42. The molecule has 0 saturated heterocycles. The van der Waals surface area contributed by atoms with Crippen molar-refractivity contribution in [3.63, 3.8) is 0 Å². The molecule has 3 heteroatoms. The van der Waals surface area contributed by atoms with Gasteiger partial charge in [-0.1, -0.05) is 30.3 Å². The number of rotatable bonds is 3. The van der Waals surface area contributed by atoms with Crippen molar-refractivity contribution < 1.29 is 14.3 Å². The van der Waals surface area contributed by atoms with Crippen molar-refractivity contribution in [3.05, 3.63) is 70.3 Å². The average molecular weight is 322 g/mol. The second kappa shape index (κ2) is 5.59. The highest BCUT2D eigenvalue weighted by Gasteiger charge is 2.36. The summed E-state index contributed by atoms with van der Waals surface area (Å²) in [5, 5.41) is 8.94. The second-order valence-corrected chi connectivity index (χ2v) is 6.87. The highest BCUT2D eigenvalue weighted by Crippen LogP contribution is 2.53. The molecule has 0 radical (unpaired) electrons. The molecule has 2 bridgehead atoms. The lowest BCUT2D eigenvalue weighted by atomic mass is 9.89. The number of allylic oxidation sites excluding steroid dienone is 1. The Morgan fingerprint density at radius 3 is 2.21 bits per heavy atom.